The van der Waals surface area contributed by atoms with Gasteiger partial charge in [-0.15, -0.1) is 0 Å². The fraction of sp³-hybridized carbons (Fsp3) is 0.130. The van der Waals surface area contributed by atoms with Gasteiger partial charge in [-0.25, -0.2) is 0 Å². The molecular formula is C46H42BN. The third-order valence-electron chi connectivity index (χ3n) is 9.71. The van der Waals surface area contributed by atoms with Gasteiger partial charge >= 0.3 is 6.85 Å². The summed E-state index contributed by atoms with van der Waals surface area (Å²) >= 11 is 0. The lowest BCUT2D eigenvalue weighted by atomic mass is 9.46. The van der Waals surface area contributed by atoms with Crippen molar-refractivity contribution in [1.82, 2.24) is 4.48 Å². The minimum atomic E-state index is -0.0865. The molecule has 0 aliphatic carbocycles. The van der Waals surface area contributed by atoms with Gasteiger partial charge in [0.2, 0.25) is 0 Å². The molecule has 0 radical (unpaired) electrons. The van der Waals surface area contributed by atoms with Crippen molar-refractivity contribution in [3.8, 4) is 44.8 Å². The van der Waals surface area contributed by atoms with E-state index < -0.39 is 0 Å². The molecule has 0 saturated heterocycles. The van der Waals surface area contributed by atoms with E-state index in [4.69, 9.17) is 0 Å². The molecule has 0 N–H and O–H groups in total. The van der Waals surface area contributed by atoms with Crippen LogP contribution in [0.5, 0.6) is 0 Å². The molecule has 2 heteroatoms. The number of hydrogen-bond donors (Lipinski definition) is 0. The molecular weight excluding hydrogens is 577 g/mol. The fourth-order valence-corrected chi connectivity index (χ4v) is 8.03. The van der Waals surface area contributed by atoms with E-state index in [1.54, 1.807) is 0 Å². The Hall–Kier alpha value is -5.34. The van der Waals surface area contributed by atoms with Crippen molar-refractivity contribution in [3.05, 3.63) is 179 Å². The molecule has 0 spiro atoms. The van der Waals surface area contributed by atoms with Crippen LogP contribution in [0.2, 0.25) is 0 Å². The van der Waals surface area contributed by atoms with Gasteiger partial charge in [0.05, 0.1) is 0 Å². The Morgan fingerprint density at radius 1 is 0.354 bits per heavy atom. The Labute approximate surface area is 286 Å². The average molecular weight is 620 g/mol. The van der Waals surface area contributed by atoms with Gasteiger partial charge in [0.15, 0.2) is 0 Å². The van der Waals surface area contributed by atoms with E-state index >= 15 is 0 Å². The van der Waals surface area contributed by atoms with Gasteiger partial charge in [-0.3, -0.25) is 0 Å². The lowest BCUT2D eigenvalue weighted by Gasteiger charge is -2.29. The minimum Gasteiger partial charge on any atom is -0.375 e. The predicted molar refractivity (Wildman–Crippen MR) is 208 cm³/mol. The summed E-state index contributed by atoms with van der Waals surface area (Å²) in [4.78, 5) is 0. The maximum absolute atomic E-state index is 2.70. The van der Waals surface area contributed by atoms with Crippen LogP contribution in [0.4, 0.5) is 0 Å². The van der Waals surface area contributed by atoms with Gasteiger partial charge < -0.3 is 4.48 Å². The zero-order chi connectivity index (χ0) is 33.4. The highest BCUT2D eigenvalue weighted by Crippen LogP contribution is 2.48. The van der Waals surface area contributed by atoms with E-state index in [9.17, 15) is 0 Å². The van der Waals surface area contributed by atoms with Crippen LogP contribution in [0.25, 0.3) is 44.8 Å². The van der Waals surface area contributed by atoms with Gasteiger partial charge in [0.1, 0.15) is 0 Å². The summed E-state index contributed by atoms with van der Waals surface area (Å²) in [5.74, 6) is 0. The van der Waals surface area contributed by atoms with Crippen molar-refractivity contribution in [2.75, 3.05) is 0 Å². The highest BCUT2D eigenvalue weighted by atomic mass is 14.9. The molecule has 0 fully saturated rings. The molecule has 0 saturated carbocycles. The van der Waals surface area contributed by atoms with E-state index in [1.165, 1.54) is 89.1 Å². The largest absolute Gasteiger partial charge is 0.375 e. The highest BCUT2D eigenvalue weighted by Gasteiger charge is 2.37. The highest BCUT2D eigenvalue weighted by molar-refractivity contribution is 6.86. The van der Waals surface area contributed by atoms with Gasteiger partial charge in [-0.05, 0) is 74.7 Å². The van der Waals surface area contributed by atoms with Crippen molar-refractivity contribution in [2.24, 2.45) is 0 Å². The fourth-order valence-electron chi connectivity index (χ4n) is 8.03. The molecule has 1 aromatic heterocycles. The van der Waals surface area contributed by atoms with Crippen molar-refractivity contribution in [2.45, 2.75) is 41.5 Å². The molecule has 7 rings (SSSR count). The second kappa shape index (κ2) is 13.0. The maximum atomic E-state index is 2.70. The first kappa shape index (κ1) is 31.3. The zero-order valence-corrected chi connectivity index (χ0v) is 28.9. The molecule has 0 amide bonds. The number of rotatable bonds is 7. The Bertz CT molecular complexity index is 2010. The Morgan fingerprint density at radius 3 is 0.917 bits per heavy atom. The van der Waals surface area contributed by atoms with Crippen molar-refractivity contribution in [1.29, 1.82) is 0 Å². The monoisotopic (exact) mass is 619 g/mol. The van der Waals surface area contributed by atoms with Gasteiger partial charge in [0, 0.05) is 22.5 Å². The van der Waals surface area contributed by atoms with Crippen LogP contribution in [-0.4, -0.2) is 11.3 Å². The Morgan fingerprint density at radius 2 is 0.625 bits per heavy atom. The molecule has 0 bridgehead atoms. The quantitative estimate of drug-likeness (QED) is 0.157. The van der Waals surface area contributed by atoms with Crippen LogP contribution in [0, 0.1) is 41.5 Å². The first-order chi connectivity index (χ1) is 23.3. The number of aryl methyl sites for hydroxylation is 6. The van der Waals surface area contributed by atoms with Crippen LogP contribution in [0.15, 0.2) is 146 Å². The molecule has 7 aromatic rings. The summed E-state index contributed by atoms with van der Waals surface area (Å²) in [5.41, 5.74) is 20.3. The summed E-state index contributed by atoms with van der Waals surface area (Å²) in [6, 6.07) is 53.5. The number of hydrogen-bond acceptors (Lipinski definition) is 0. The van der Waals surface area contributed by atoms with Gasteiger partial charge in [0.25, 0.3) is 0 Å². The summed E-state index contributed by atoms with van der Waals surface area (Å²) in [7, 11) is 0. The van der Waals surface area contributed by atoms with E-state index in [-0.39, 0.29) is 6.85 Å². The molecule has 1 nitrogen and oxygen atoms in total. The summed E-state index contributed by atoms with van der Waals surface area (Å²) in [6.07, 6.45) is 0. The molecule has 6 aromatic carbocycles. The third-order valence-corrected chi connectivity index (χ3v) is 9.71. The minimum absolute atomic E-state index is 0.0865. The first-order valence-electron chi connectivity index (χ1n) is 17.0. The maximum Gasteiger partial charge on any atom is 0.329 e. The zero-order valence-electron chi connectivity index (χ0n) is 28.9. The molecule has 0 aliphatic rings. The Kier molecular flexibility index (Phi) is 8.50. The lowest BCUT2D eigenvalue weighted by Crippen LogP contribution is -2.53. The predicted octanol–water partition coefficient (Wildman–Crippen LogP) is 10.7. The smallest absolute Gasteiger partial charge is 0.329 e. The van der Waals surface area contributed by atoms with E-state index in [1.807, 2.05) is 0 Å². The molecule has 0 atom stereocenters. The van der Waals surface area contributed by atoms with Gasteiger partial charge in [-0.1, -0.05) is 179 Å². The number of benzene rings is 6. The summed E-state index contributed by atoms with van der Waals surface area (Å²) in [6.45, 7) is 13.5. The summed E-state index contributed by atoms with van der Waals surface area (Å²) < 4.78 is 2.70. The number of aromatic nitrogens is 1. The molecule has 234 valence electrons. The van der Waals surface area contributed by atoms with Crippen LogP contribution in [-0.2, 0) is 0 Å². The van der Waals surface area contributed by atoms with Gasteiger partial charge in [-0.2, -0.15) is 0 Å². The molecule has 48 heavy (non-hydrogen) atoms. The third kappa shape index (κ3) is 5.62. The topological polar surface area (TPSA) is 4.93 Å². The van der Waals surface area contributed by atoms with Crippen molar-refractivity contribution in [3.63, 3.8) is 0 Å². The lowest BCUT2D eigenvalue weighted by molar-refractivity contribution is 1.21. The SMILES string of the molecule is Cc1cc(C)c(B(c2c(C)cc(C)cc2C)n2c(-c3ccccc3)c(-c3ccccc3)c(-c3ccccc3)c2-c2ccccc2)c(C)c1. The molecule has 0 unspecified atom stereocenters. The van der Waals surface area contributed by atoms with E-state index in [0.717, 1.165) is 0 Å². The second-order valence-corrected chi connectivity index (χ2v) is 13.3. The van der Waals surface area contributed by atoms with E-state index in [0.29, 0.717) is 0 Å². The van der Waals surface area contributed by atoms with Crippen LogP contribution in [0.3, 0.4) is 0 Å². The van der Waals surface area contributed by atoms with Crippen molar-refractivity contribution >= 4 is 17.8 Å². The summed E-state index contributed by atoms with van der Waals surface area (Å²) in [5, 5.41) is 0. The van der Waals surface area contributed by atoms with Crippen molar-refractivity contribution < 1.29 is 0 Å². The second-order valence-electron chi connectivity index (χ2n) is 13.3. The normalized spacial score (nSPS) is 11.1. The number of nitrogens with zero attached hydrogens (tertiary/aromatic N) is 1. The standard InChI is InChI=1S/C46H42BN/c1-31-27-33(3)43(34(4)28-31)47(44-35(5)29-32(2)30-36(44)6)48-45(39-23-15-9-16-24-39)41(37-19-11-7-12-20-37)42(38-21-13-8-14-22-38)46(48)40-25-17-10-18-26-40/h7-30H,1-6H3. The molecule has 0 aliphatic heterocycles. The van der Waals surface area contributed by atoms with E-state index in [2.05, 4.69) is 192 Å². The van der Waals surface area contributed by atoms with Crippen LogP contribution >= 0.6 is 0 Å². The first-order valence-corrected chi connectivity index (χ1v) is 17.0. The molecule has 1 heterocycles. The van der Waals surface area contributed by atoms with Crippen LogP contribution < -0.4 is 10.9 Å². The van der Waals surface area contributed by atoms with Crippen LogP contribution in [0.1, 0.15) is 33.4 Å². The Balaban J connectivity index is 1.79. The average Bonchev–Trinajstić information content (AvgIpc) is 3.44.